The Labute approximate surface area is 129 Å². The molecule has 0 atom stereocenters. The first-order valence-electron chi connectivity index (χ1n) is 6.90. The van der Waals surface area contributed by atoms with Crippen LogP contribution in [0.3, 0.4) is 0 Å². The van der Waals surface area contributed by atoms with Gasteiger partial charge in [0.05, 0.1) is 18.8 Å². The number of carbonyl (C=O) groups excluding carboxylic acids is 2. The van der Waals surface area contributed by atoms with Crippen LogP contribution in [0.5, 0.6) is 0 Å². The molecule has 0 aromatic heterocycles. The summed E-state index contributed by atoms with van der Waals surface area (Å²) in [6, 6.07) is 6.82. The molecule has 0 saturated carbocycles. The van der Waals surface area contributed by atoms with Gasteiger partial charge in [-0.2, -0.15) is 0 Å². The van der Waals surface area contributed by atoms with E-state index in [4.69, 9.17) is 14.9 Å². The number of aliphatic hydroxyl groups is 2. The van der Waals surface area contributed by atoms with Crippen LogP contribution in [0.2, 0.25) is 0 Å². The normalized spacial score (nSPS) is 10.5. The van der Waals surface area contributed by atoms with Crippen molar-refractivity contribution in [1.29, 1.82) is 0 Å². The van der Waals surface area contributed by atoms with Crippen molar-refractivity contribution in [3.63, 3.8) is 0 Å². The molecule has 0 radical (unpaired) electrons. The van der Waals surface area contributed by atoms with E-state index in [1.807, 2.05) is 11.0 Å². The second-order valence-electron chi connectivity index (χ2n) is 4.61. The Kier molecular flexibility index (Phi) is 8.13. The van der Waals surface area contributed by atoms with E-state index in [9.17, 15) is 9.59 Å². The van der Waals surface area contributed by atoms with Gasteiger partial charge in [-0.15, -0.1) is 0 Å². The van der Waals surface area contributed by atoms with Crippen LogP contribution in [0.1, 0.15) is 22.8 Å². The van der Waals surface area contributed by atoms with Gasteiger partial charge in [-0.1, -0.05) is 12.1 Å². The lowest BCUT2D eigenvalue weighted by Crippen LogP contribution is -2.29. The second-order valence-corrected chi connectivity index (χ2v) is 4.61. The molecular formula is C15H21NO6. The van der Waals surface area contributed by atoms with Crippen LogP contribution >= 0.6 is 0 Å². The van der Waals surface area contributed by atoms with Gasteiger partial charge < -0.3 is 19.7 Å². The largest absolute Gasteiger partial charge is 0.428 e. The SMILES string of the molecule is CC(=O)OCOC(=O)c1cccc(CN(CCO)CCO)c1. The van der Waals surface area contributed by atoms with E-state index < -0.39 is 18.7 Å². The minimum Gasteiger partial charge on any atom is -0.428 e. The second kappa shape index (κ2) is 9.88. The Balaban J connectivity index is 2.63. The van der Waals surface area contributed by atoms with E-state index in [1.54, 1.807) is 18.2 Å². The lowest BCUT2D eigenvalue weighted by molar-refractivity contribution is -0.149. The summed E-state index contributed by atoms with van der Waals surface area (Å²) in [5.41, 5.74) is 1.20. The van der Waals surface area contributed by atoms with Crippen LogP contribution in [0.25, 0.3) is 0 Å². The molecule has 0 unspecified atom stereocenters. The number of nitrogens with zero attached hydrogens (tertiary/aromatic N) is 1. The molecule has 7 nitrogen and oxygen atoms in total. The summed E-state index contributed by atoms with van der Waals surface area (Å²) in [7, 11) is 0. The lowest BCUT2D eigenvalue weighted by atomic mass is 10.1. The fourth-order valence-electron chi connectivity index (χ4n) is 1.86. The molecule has 7 heteroatoms. The lowest BCUT2D eigenvalue weighted by Gasteiger charge is -2.20. The highest BCUT2D eigenvalue weighted by atomic mass is 16.7. The van der Waals surface area contributed by atoms with Crippen molar-refractivity contribution in [2.45, 2.75) is 13.5 Å². The fraction of sp³-hybridized carbons (Fsp3) is 0.467. The van der Waals surface area contributed by atoms with Gasteiger partial charge in [-0.25, -0.2) is 4.79 Å². The molecule has 0 bridgehead atoms. The van der Waals surface area contributed by atoms with Gasteiger partial charge in [-0.3, -0.25) is 9.69 Å². The smallest absolute Gasteiger partial charge is 0.341 e. The quantitative estimate of drug-likeness (QED) is 0.495. The van der Waals surface area contributed by atoms with Crippen LogP contribution < -0.4 is 0 Å². The van der Waals surface area contributed by atoms with Gasteiger partial charge in [0.2, 0.25) is 6.79 Å². The predicted molar refractivity (Wildman–Crippen MR) is 77.9 cm³/mol. The third-order valence-electron chi connectivity index (χ3n) is 2.85. The van der Waals surface area contributed by atoms with Gasteiger partial charge in [0.25, 0.3) is 0 Å². The van der Waals surface area contributed by atoms with E-state index in [-0.39, 0.29) is 13.2 Å². The Bertz CT molecular complexity index is 485. The molecule has 1 rings (SSSR count). The van der Waals surface area contributed by atoms with Gasteiger partial charge >= 0.3 is 11.9 Å². The Morgan fingerprint density at radius 3 is 2.41 bits per heavy atom. The maximum atomic E-state index is 11.8. The van der Waals surface area contributed by atoms with Crippen molar-refractivity contribution in [3.8, 4) is 0 Å². The molecule has 0 aliphatic heterocycles. The molecule has 1 aromatic carbocycles. The maximum absolute atomic E-state index is 11.8. The predicted octanol–water partition coefficient (Wildman–Crippen LogP) is 0.151. The molecule has 0 amide bonds. The minimum atomic E-state index is -0.584. The van der Waals surface area contributed by atoms with Gasteiger partial charge in [0.1, 0.15) is 0 Å². The van der Waals surface area contributed by atoms with Gasteiger partial charge in [0, 0.05) is 26.6 Å². The maximum Gasteiger partial charge on any atom is 0.341 e. The summed E-state index contributed by atoms with van der Waals surface area (Å²) >= 11 is 0. The van der Waals surface area contributed by atoms with Crippen LogP contribution in [-0.4, -0.2) is 60.1 Å². The summed E-state index contributed by atoms with van der Waals surface area (Å²) in [5.74, 6) is -1.11. The highest BCUT2D eigenvalue weighted by Crippen LogP contribution is 2.10. The highest BCUT2D eigenvalue weighted by Gasteiger charge is 2.10. The Hall–Kier alpha value is -1.96. The summed E-state index contributed by atoms with van der Waals surface area (Å²) in [6.45, 7) is 2.15. The molecule has 122 valence electrons. The summed E-state index contributed by atoms with van der Waals surface area (Å²) in [6.07, 6.45) is 0. The zero-order chi connectivity index (χ0) is 16.4. The first kappa shape index (κ1) is 18.1. The summed E-state index contributed by atoms with van der Waals surface area (Å²) in [5, 5.41) is 18.0. The number of hydrogen-bond acceptors (Lipinski definition) is 7. The monoisotopic (exact) mass is 311 g/mol. The number of aliphatic hydroxyl groups excluding tert-OH is 2. The minimum absolute atomic E-state index is 0.00980. The average molecular weight is 311 g/mol. The Morgan fingerprint density at radius 2 is 1.82 bits per heavy atom. The molecule has 0 saturated heterocycles. The van der Waals surface area contributed by atoms with E-state index in [2.05, 4.69) is 4.74 Å². The standard InChI is InChI=1S/C15H21NO6/c1-12(19)21-11-22-15(20)14-4-2-3-13(9-14)10-16(5-7-17)6-8-18/h2-4,9,17-18H,5-8,10-11H2,1H3. The number of ether oxygens (including phenoxy) is 2. The van der Waals surface area contributed by atoms with Crippen molar-refractivity contribution < 1.29 is 29.3 Å². The number of benzene rings is 1. The van der Waals surface area contributed by atoms with Gasteiger partial charge in [0.15, 0.2) is 0 Å². The molecule has 2 N–H and O–H groups in total. The van der Waals surface area contributed by atoms with E-state index >= 15 is 0 Å². The van der Waals surface area contributed by atoms with E-state index in [1.165, 1.54) is 6.92 Å². The van der Waals surface area contributed by atoms with E-state index in [0.717, 1.165) is 5.56 Å². The van der Waals surface area contributed by atoms with Crippen molar-refractivity contribution in [3.05, 3.63) is 35.4 Å². The average Bonchev–Trinajstić information content (AvgIpc) is 2.47. The summed E-state index contributed by atoms with van der Waals surface area (Å²) < 4.78 is 9.37. The molecule has 22 heavy (non-hydrogen) atoms. The highest BCUT2D eigenvalue weighted by molar-refractivity contribution is 5.89. The number of rotatable bonds is 9. The van der Waals surface area contributed by atoms with Crippen LogP contribution in [0.4, 0.5) is 0 Å². The molecule has 0 aliphatic rings. The fourth-order valence-corrected chi connectivity index (χ4v) is 1.86. The van der Waals surface area contributed by atoms with Crippen LogP contribution in [0, 0.1) is 0 Å². The molecule has 0 fully saturated rings. The van der Waals surface area contributed by atoms with Crippen molar-refractivity contribution in [2.75, 3.05) is 33.1 Å². The molecule has 0 aliphatic carbocycles. The van der Waals surface area contributed by atoms with Crippen molar-refractivity contribution in [2.24, 2.45) is 0 Å². The van der Waals surface area contributed by atoms with Crippen LogP contribution in [0.15, 0.2) is 24.3 Å². The third-order valence-corrected chi connectivity index (χ3v) is 2.85. The number of esters is 2. The zero-order valence-electron chi connectivity index (χ0n) is 12.5. The first-order chi connectivity index (χ1) is 10.6. The third kappa shape index (κ3) is 6.66. The van der Waals surface area contributed by atoms with Crippen molar-refractivity contribution in [1.82, 2.24) is 4.90 Å². The molecular weight excluding hydrogens is 290 g/mol. The van der Waals surface area contributed by atoms with Gasteiger partial charge in [-0.05, 0) is 17.7 Å². The first-order valence-corrected chi connectivity index (χ1v) is 6.90. The topological polar surface area (TPSA) is 96.3 Å². The van der Waals surface area contributed by atoms with E-state index in [0.29, 0.717) is 25.2 Å². The number of carbonyl (C=O) groups is 2. The van der Waals surface area contributed by atoms with Crippen LogP contribution in [-0.2, 0) is 20.8 Å². The number of hydrogen-bond donors (Lipinski definition) is 2. The summed E-state index contributed by atoms with van der Waals surface area (Å²) in [4.78, 5) is 24.3. The Morgan fingerprint density at radius 1 is 1.14 bits per heavy atom. The molecule has 0 heterocycles. The van der Waals surface area contributed by atoms with Crippen molar-refractivity contribution >= 4 is 11.9 Å². The molecule has 1 aromatic rings. The molecule has 0 spiro atoms. The zero-order valence-corrected chi connectivity index (χ0v) is 12.5.